The van der Waals surface area contributed by atoms with Crippen molar-refractivity contribution in [1.29, 1.82) is 0 Å². The van der Waals surface area contributed by atoms with Gasteiger partial charge in [-0.3, -0.25) is 19.2 Å². The molecule has 0 aromatic carbocycles. The molecule has 0 aromatic heterocycles. The van der Waals surface area contributed by atoms with Gasteiger partial charge in [0.25, 0.3) is 0 Å². The predicted molar refractivity (Wildman–Crippen MR) is 74.1 cm³/mol. The molecule has 120 valence electrons. The Bertz CT molecular complexity index is 410. The highest BCUT2D eigenvalue weighted by Gasteiger charge is 2.26. The molecule has 21 heavy (non-hydrogen) atoms. The van der Waals surface area contributed by atoms with Gasteiger partial charge in [0.2, 0.25) is 17.7 Å². The first-order valence-electron chi connectivity index (χ1n) is 6.48. The molecule has 9 heteroatoms. The van der Waals surface area contributed by atoms with Crippen LogP contribution >= 0.6 is 0 Å². The summed E-state index contributed by atoms with van der Waals surface area (Å²) in [5, 5.41) is 15.5. The third kappa shape index (κ3) is 7.25. The number of carboxylic acid groups (broad SMARTS) is 1. The van der Waals surface area contributed by atoms with E-state index in [9.17, 15) is 19.2 Å². The Labute approximate surface area is 122 Å². The molecule has 0 aliphatic carbocycles. The van der Waals surface area contributed by atoms with Crippen LogP contribution in [0.15, 0.2) is 0 Å². The zero-order valence-electron chi connectivity index (χ0n) is 12.3. The zero-order valence-corrected chi connectivity index (χ0v) is 12.3. The summed E-state index contributed by atoms with van der Waals surface area (Å²) in [5.41, 5.74) is 5.17. The molecule has 0 heterocycles. The highest BCUT2D eigenvalue weighted by atomic mass is 16.4. The normalized spacial score (nSPS) is 13.2. The molecule has 9 nitrogen and oxygen atoms in total. The van der Waals surface area contributed by atoms with Gasteiger partial charge in [-0.05, 0) is 12.8 Å². The first kappa shape index (κ1) is 18.8. The van der Waals surface area contributed by atoms with Crippen LogP contribution in [0.2, 0.25) is 0 Å². The first-order valence-corrected chi connectivity index (χ1v) is 6.48. The van der Waals surface area contributed by atoms with Crippen LogP contribution in [0, 0.1) is 5.92 Å². The van der Waals surface area contributed by atoms with Crippen molar-refractivity contribution in [2.24, 2.45) is 11.7 Å². The van der Waals surface area contributed by atoms with Gasteiger partial charge in [-0.2, -0.15) is 0 Å². The largest absolute Gasteiger partial charge is 0.480 e. The Balaban J connectivity index is 4.56. The van der Waals surface area contributed by atoms with Gasteiger partial charge in [0.1, 0.15) is 18.6 Å². The van der Waals surface area contributed by atoms with E-state index in [0.29, 0.717) is 0 Å². The van der Waals surface area contributed by atoms with E-state index in [-0.39, 0.29) is 12.5 Å². The molecule has 0 aliphatic heterocycles. The van der Waals surface area contributed by atoms with Crippen molar-refractivity contribution < 1.29 is 24.3 Å². The van der Waals surface area contributed by atoms with Gasteiger partial charge in [0, 0.05) is 0 Å². The Hall–Kier alpha value is -2.16. The maximum absolute atomic E-state index is 12.0. The van der Waals surface area contributed by atoms with E-state index in [1.54, 1.807) is 13.8 Å². The lowest BCUT2D eigenvalue weighted by molar-refractivity contribution is -0.138. The fourth-order valence-electron chi connectivity index (χ4n) is 1.45. The topological polar surface area (TPSA) is 151 Å². The number of carboxylic acids is 1. The quantitative estimate of drug-likeness (QED) is 0.343. The van der Waals surface area contributed by atoms with E-state index in [2.05, 4.69) is 16.0 Å². The third-order valence-corrected chi connectivity index (χ3v) is 2.62. The van der Waals surface area contributed by atoms with Crippen molar-refractivity contribution in [3.05, 3.63) is 0 Å². The molecule has 0 saturated carbocycles. The van der Waals surface area contributed by atoms with E-state index in [1.165, 1.54) is 6.92 Å². The molecule has 0 spiro atoms. The number of hydrogen-bond donors (Lipinski definition) is 5. The lowest BCUT2D eigenvalue weighted by Gasteiger charge is -2.23. The number of aliphatic carboxylic acids is 1. The summed E-state index contributed by atoms with van der Waals surface area (Å²) in [5.74, 6) is -3.03. The molecule has 0 fully saturated rings. The smallest absolute Gasteiger partial charge is 0.322 e. The molecule has 3 amide bonds. The molecular formula is C12H22N4O5. The van der Waals surface area contributed by atoms with Gasteiger partial charge in [-0.1, -0.05) is 13.8 Å². The minimum atomic E-state index is -1.18. The number of hydrogen-bond acceptors (Lipinski definition) is 5. The van der Waals surface area contributed by atoms with Crippen molar-refractivity contribution in [3.8, 4) is 0 Å². The Morgan fingerprint density at radius 3 is 2.05 bits per heavy atom. The summed E-state index contributed by atoms with van der Waals surface area (Å²) in [6, 6.07) is -1.75. The van der Waals surface area contributed by atoms with E-state index in [4.69, 9.17) is 10.8 Å². The fourth-order valence-corrected chi connectivity index (χ4v) is 1.45. The number of nitrogens with two attached hydrogens (primary N) is 1. The van der Waals surface area contributed by atoms with Crippen molar-refractivity contribution in [1.82, 2.24) is 16.0 Å². The second kappa shape index (κ2) is 8.90. The van der Waals surface area contributed by atoms with Crippen molar-refractivity contribution in [2.45, 2.75) is 32.9 Å². The minimum Gasteiger partial charge on any atom is -0.480 e. The molecule has 0 bridgehead atoms. The molecule has 0 radical (unpaired) electrons. The van der Waals surface area contributed by atoms with E-state index >= 15 is 0 Å². The van der Waals surface area contributed by atoms with E-state index < -0.39 is 42.3 Å². The predicted octanol–water partition coefficient (Wildman–Crippen LogP) is -2.21. The minimum absolute atomic E-state index is 0.199. The molecule has 0 rings (SSSR count). The van der Waals surface area contributed by atoms with Crippen LogP contribution in [-0.2, 0) is 19.2 Å². The summed E-state index contributed by atoms with van der Waals surface area (Å²) in [6.07, 6.45) is 0. The number of carbonyl (C=O) groups excluding carboxylic acids is 3. The average Bonchev–Trinajstić information content (AvgIpc) is 2.40. The van der Waals surface area contributed by atoms with Crippen molar-refractivity contribution in [2.75, 3.05) is 13.1 Å². The van der Waals surface area contributed by atoms with Crippen LogP contribution in [0.4, 0.5) is 0 Å². The highest BCUT2D eigenvalue weighted by Crippen LogP contribution is 2.02. The second-order valence-electron chi connectivity index (χ2n) is 4.84. The van der Waals surface area contributed by atoms with Crippen LogP contribution in [0.5, 0.6) is 0 Å². The monoisotopic (exact) mass is 302 g/mol. The van der Waals surface area contributed by atoms with Gasteiger partial charge in [-0.25, -0.2) is 0 Å². The van der Waals surface area contributed by atoms with Gasteiger partial charge in [0.15, 0.2) is 0 Å². The Kier molecular flexibility index (Phi) is 7.99. The standard InChI is InChI=1S/C12H22N4O5/c1-6(2)10(16-8(17)4-13)12(21)15-7(3)11(20)14-5-9(18)19/h6-7,10H,4-5,13H2,1-3H3,(H,14,20)(H,15,21)(H,16,17)(H,18,19)/t7-,10-/m0/s1. The van der Waals surface area contributed by atoms with Gasteiger partial charge in [0.05, 0.1) is 6.54 Å². The maximum Gasteiger partial charge on any atom is 0.322 e. The SMILES string of the molecule is CC(C)[C@H](NC(=O)CN)C(=O)N[C@@H](C)C(=O)NCC(=O)O. The van der Waals surface area contributed by atoms with Crippen molar-refractivity contribution in [3.63, 3.8) is 0 Å². The second-order valence-corrected chi connectivity index (χ2v) is 4.84. The van der Waals surface area contributed by atoms with Crippen LogP contribution < -0.4 is 21.7 Å². The molecule has 0 aliphatic rings. The summed E-state index contributed by atoms with van der Waals surface area (Å²) in [4.78, 5) is 45.2. The van der Waals surface area contributed by atoms with Crippen LogP contribution in [0.25, 0.3) is 0 Å². The van der Waals surface area contributed by atoms with E-state index in [0.717, 1.165) is 0 Å². The van der Waals surface area contributed by atoms with Crippen LogP contribution in [0.1, 0.15) is 20.8 Å². The summed E-state index contributed by atoms with van der Waals surface area (Å²) >= 11 is 0. The molecule has 0 saturated heterocycles. The lowest BCUT2D eigenvalue weighted by atomic mass is 10.0. The van der Waals surface area contributed by atoms with Crippen LogP contribution in [0.3, 0.4) is 0 Å². The summed E-state index contributed by atoms with van der Waals surface area (Å²) in [6.45, 7) is 4.10. The Morgan fingerprint density at radius 2 is 1.62 bits per heavy atom. The first-order chi connectivity index (χ1) is 9.68. The van der Waals surface area contributed by atoms with Gasteiger partial charge >= 0.3 is 5.97 Å². The molecule has 6 N–H and O–H groups in total. The molecule has 0 aromatic rings. The number of carbonyl (C=O) groups is 4. The van der Waals surface area contributed by atoms with Gasteiger partial charge in [-0.15, -0.1) is 0 Å². The maximum atomic E-state index is 12.0. The summed E-state index contributed by atoms with van der Waals surface area (Å²) < 4.78 is 0. The average molecular weight is 302 g/mol. The lowest BCUT2D eigenvalue weighted by Crippen LogP contribution is -2.55. The summed E-state index contributed by atoms with van der Waals surface area (Å²) in [7, 11) is 0. The molecule has 2 atom stereocenters. The Morgan fingerprint density at radius 1 is 1.05 bits per heavy atom. The zero-order chi connectivity index (χ0) is 16.6. The fraction of sp³-hybridized carbons (Fsp3) is 0.667. The highest BCUT2D eigenvalue weighted by molar-refractivity contribution is 5.93. The van der Waals surface area contributed by atoms with Gasteiger partial charge < -0.3 is 26.8 Å². The third-order valence-electron chi connectivity index (χ3n) is 2.62. The van der Waals surface area contributed by atoms with E-state index in [1.807, 2.05) is 0 Å². The number of rotatable bonds is 8. The molecular weight excluding hydrogens is 280 g/mol. The molecule has 0 unspecified atom stereocenters. The number of nitrogens with one attached hydrogen (secondary N) is 3. The van der Waals surface area contributed by atoms with Crippen LogP contribution in [-0.4, -0.2) is 54.0 Å². The number of amides is 3. The van der Waals surface area contributed by atoms with Crippen molar-refractivity contribution >= 4 is 23.7 Å².